The van der Waals surface area contributed by atoms with Crippen LogP contribution in [0.25, 0.3) is 0 Å². The highest BCUT2D eigenvalue weighted by molar-refractivity contribution is 5.83. The SMILES string of the molecule is CCOC(=O)CN(C)C(=O)CN1CCO[C@H](c2ccc(F)cc2)C1. The van der Waals surface area contributed by atoms with Gasteiger partial charge in [-0.3, -0.25) is 14.5 Å². The van der Waals surface area contributed by atoms with Crippen molar-refractivity contribution in [3.8, 4) is 0 Å². The van der Waals surface area contributed by atoms with Crippen LogP contribution in [0.1, 0.15) is 18.6 Å². The molecule has 0 N–H and O–H groups in total. The standard InChI is InChI=1S/C17H23FN2O4/c1-3-23-17(22)12-19(2)16(21)11-20-8-9-24-15(10-20)13-4-6-14(18)7-5-13/h4-7,15H,3,8-12H2,1-2H3/t15-/m0/s1. The molecule has 1 amide bonds. The lowest BCUT2D eigenvalue weighted by atomic mass is 10.1. The number of likely N-dealkylation sites (N-methyl/N-ethyl adjacent to an activating group) is 1. The van der Waals surface area contributed by atoms with Crippen molar-refractivity contribution in [2.45, 2.75) is 13.0 Å². The number of hydrogen-bond acceptors (Lipinski definition) is 5. The zero-order valence-corrected chi connectivity index (χ0v) is 14.0. The molecule has 1 atom stereocenters. The lowest BCUT2D eigenvalue weighted by molar-refractivity contribution is -0.148. The summed E-state index contributed by atoms with van der Waals surface area (Å²) in [6.45, 7) is 3.85. The Morgan fingerprint density at radius 1 is 1.38 bits per heavy atom. The predicted octanol–water partition coefficient (Wildman–Crippen LogP) is 1.22. The Bertz CT molecular complexity index is 564. The van der Waals surface area contributed by atoms with Crippen LogP contribution in [0.4, 0.5) is 4.39 Å². The van der Waals surface area contributed by atoms with E-state index in [9.17, 15) is 14.0 Å². The van der Waals surface area contributed by atoms with E-state index in [1.807, 2.05) is 4.90 Å². The molecule has 24 heavy (non-hydrogen) atoms. The van der Waals surface area contributed by atoms with Crippen LogP contribution in [-0.4, -0.2) is 68.1 Å². The highest BCUT2D eigenvalue weighted by atomic mass is 19.1. The van der Waals surface area contributed by atoms with Gasteiger partial charge in [-0.15, -0.1) is 0 Å². The van der Waals surface area contributed by atoms with Crippen LogP contribution >= 0.6 is 0 Å². The van der Waals surface area contributed by atoms with E-state index in [0.29, 0.717) is 26.3 Å². The Labute approximate surface area is 141 Å². The highest BCUT2D eigenvalue weighted by Gasteiger charge is 2.25. The van der Waals surface area contributed by atoms with E-state index in [0.717, 1.165) is 5.56 Å². The van der Waals surface area contributed by atoms with Gasteiger partial charge in [-0.2, -0.15) is 0 Å². The topological polar surface area (TPSA) is 59.1 Å². The zero-order valence-electron chi connectivity index (χ0n) is 14.0. The summed E-state index contributed by atoms with van der Waals surface area (Å²) in [4.78, 5) is 27.0. The quantitative estimate of drug-likeness (QED) is 0.730. The molecule has 1 aromatic carbocycles. The maximum Gasteiger partial charge on any atom is 0.325 e. The van der Waals surface area contributed by atoms with E-state index in [2.05, 4.69) is 0 Å². The normalized spacial score (nSPS) is 18.2. The lowest BCUT2D eigenvalue weighted by Gasteiger charge is -2.33. The van der Waals surface area contributed by atoms with Gasteiger partial charge < -0.3 is 14.4 Å². The molecule has 1 aliphatic heterocycles. The number of carbonyl (C=O) groups excluding carboxylic acids is 2. The van der Waals surface area contributed by atoms with Gasteiger partial charge in [0.1, 0.15) is 12.4 Å². The van der Waals surface area contributed by atoms with Crippen LogP contribution in [0, 0.1) is 5.82 Å². The fourth-order valence-corrected chi connectivity index (χ4v) is 2.53. The number of amides is 1. The second-order valence-corrected chi connectivity index (χ2v) is 5.70. The van der Waals surface area contributed by atoms with Crippen molar-refractivity contribution in [1.82, 2.24) is 9.80 Å². The largest absolute Gasteiger partial charge is 0.465 e. The lowest BCUT2D eigenvalue weighted by Crippen LogP contribution is -2.45. The Hall–Kier alpha value is -1.99. The summed E-state index contributed by atoms with van der Waals surface area (Å²) >= 11 is 0. The highest BCUT2D eigenvalue weighted by Crippen LogP contribution is 2.22. The molecule has 0 aromatic heterocycles. The number of carbonyl (C=O) groups is 2. The van der Waals surface area contributed by atoms with E-state index >= 15 is 0 Å². The maximum atomic E-state index is 13.0. The Balaban J connectivity index is 1.86. The van der Waals surface area contributed by atoms with Crippen LogP contribution in [-0.2, 0) is 19.1 Å². The zero-order chi connectivity index (χ0) is 17.5. The first-order valence-electron chi connectivity index (χ1n) is 7.98. The molecule has 1 aromatic rings. The van der Waals surface area contributed by atoms with Gasteiger partial charge in [0.25, 0.3) is 0 Å². The molecule has 6 nitrogen and oxygen atoms in total. The smallest absolute Gasteiger partial charge is 0.325 e. The van der Waals surface area contributed by atoms with Gasteiger partial charge >= 0.3 is 5.97 Å². The molecule has 132 valence electrons. The van der Waals surface area contributed by atoms with Gasteiger partial charge in [-0.05, 0) is 24.6 Å². The summed E-state index contributed by atoms with van der Waals surface area (Å²) < 4.78 is 23.6. The van der Waals surface area contributed by atoms with E-state index in [1.165, 1.54) is 17.0 Å². The fraction of sp³-hybridized carbons (Fsp3) is 0.529. The minimum Gasteiger partial charge on any atom is -0.465 e. The Morgan fingerprint density at radius 2 is 2.08 bits per heavy atom. The minimum absolute atomic E-state index is 0.0571. The first kappa shape index (κ1) is 18.4. The number of rotatable bonds is 6. The molecule has 1 aliphatic rings. The molecule has 0 aliphatic carbocycles. The number of nitrogens with zero attached hydrogens (tertiary/aromatic N) is 2. The third-order valence-electron chi connectivity index (χ3n) is 3.85. The van der Waals surface area contributed by atoms with Gasteiger partial charge in [0.15, 0.2) is 0 Å². The van der Waals surface area contributed by atoms with Crippen molar-refractivity contribution >= 4 is 11.9 Å². The van der Waals surface area contributed by atoms with Gasteiger partial charge in [0, 0.05) is 20.1 Å². The van der Waals surface area contributed by atoms with Crippen molar-refractivity contribution in [2.75, 3.05) is 46.4 Å². The molecule has 0 spiro atoms. The summed E-state index contributed by atoms with van der Waals surface area (Å²) in [5, 5.41) is 0. The summed E-state index contributed by atoms with van der Waals surface area (Å²) in [6, 6.07) is 6.18. The average molecular weight is 338 g/mol. The third-order valence-corrected chi connectivity index (χ3v) is 3.85. The fourth-order valence-electron chi connectivity index (χ4n) is 2.53. The first-order chi connectivity index (χ1) is 11.5. The molecular formula is C17H23FN2O4. The Kier molecular flexibility index (Phi) is 6.69. The number of benzene rings is 1. The number of morpholine rings is 1. The summed E-state index contributed by atoms with van der Waals surface area (Å²) in [7, 11) is 1.58. The molecule has 1 saturated heterocycles. The van der Waals surface area contributed by atoms with Crippen molar-refractivity contribution in [1.29, 1.82) is 0 Å². The molecule has 0 radical (unpaired) electrons. The molecule has 1 heterocycles. The molecule has 1 fully saturated rings. The Morgan fingerprint density at radius 3 is 2.75 bits per heavy atom. The molecular weight excluding hydrogens is 315 g/mol. The van der Waals surface area contributed by atoms with Crippen molar-refractivity contribution in [2.24, 2.45) is 0 Å². The molecule has 0 saturated carbocycles. The van der Waals surface area contributed by atoms with E-state index in [-0.39, 0.29) is 30.9 Å². The average Bonchev–Trinajstić information content (AvgIpc) is 2.56. The van der Waals surface area contributed by atoms with Crippen LogP contribution in [0.15, 0.2) is 24.3 Å². The second-order valence-electron chi connectivity index (χ2n) is 5.70. The van der Waals surface area contributed by atoms with E-state index in [1.54, 1.807) is 26.1 Å². The van der Waals surface area contributed by atoms with Crippen molar-refractivity contribution in [3.63, 3.8) is 0 Å². The number of halogens is 1. The van der Waals surface area contributed by atoms with Crippen LogP contribution in [0.5, 0.6) is 0 Å². The third kappa shape index (κ3) is 5.28. The summed E-state index contributed by atoms with van der Waals surface area (Å²) in [5.41, 5.74) is 0.883. The van der Waals surface area contributed by atoms with Crippen molar-refractivity contribution < 1.29 is 23.5 Å². The van der Waals surface area contributed by atoms with Crippen LogP contribution < -0.4 is 0 Å². The number of ether oxygens (including phenoxy) is 2. The van der Waals surface area contributed by atoms with E-state index < -0.39 is 5.97 Å². The predicted molar refractivity (Wildman–Crippen MR) is 85.8 cm³/mol. The molecule has 7 heteroatoms. The minimum atomic E-state index is -0.417. The van der Waals surface area contributed by atoms with Gasteiger partial charge in [-0.25, -0.2) is 4.39 Å². The first-order valence-corrected chi connectivity index (χ1v) is 7.98. The number of hydrogen-bond donors (Lipinski definition) is 0. The summed E-state index contributed by atoms with van der Waals surface area (Å²) in [5.74, 6) is -0.857. The maximum absolute atomic E-state index is 13.0. The summed E-state index contributed by atoms with van der Waals surface area (Å²) in [6.07, 6.45) is -0.192. The molecule has 2 rings (SSSR count). The molecule has 0 bridgehead atoms. The van der Waals surface area contributed by atoms with E-state index in [4.69, 9.17) is 9.47 Å². The van der Waals surface area contributed by atoms with Crippen LogP contribution in [0.2, 0.25) is 0 Å². The van der Waals surface area contributed by atoms with Gasteiger partial charge in [0.2, 0.25) is 5.91 Å². The second kappa shape index (κ2) is 8.75. The molecule has 0 unspecified atom stereocenters. The van der Waals surface area contributed by atoms with Crippen molar-refractivity contribution in [3.05, 3.63) is 35.6 Å². The van der Waals surface area contributed by atoms with Gasteiger partial charge in [-0.1, -0.05) is 12.1 Å². The number of esters is 1. The van der Waals surface area contributed by atoms with Gasteiger partial charge in [0.05, 0.1) is 25.9 Å². The van der Waals surface area contributed by atoms with Crippen LogP contribution in [0.3, 0.4) is 0 Å². The monoisotopic (exact) mass is 338 g/mol.